The Hall–Kier alpha value is -3.03. The van der Waals surface area contributed by atoms with E-state index in [4.69, 9.17) is 0 Å². The predicted octanol–water partition coefficient (Wildman–Crippen LogP) is 1.65. The molecule has 1 saturated heterocycles. The van der Waals surface area contributed by atoms with Crippen molar-refractivity contribution in [1.82, 2.24) is 4.90 Å². The highest BCUT2D eigenvalue weighted by Gasteiger charge is 2.59. The van der Waals surface area contributed by atoms with Crippen LogP contribution in [0.4, 0.5) is 11.4 Å². The van der Waals surface area contributed by atoms with Crippen molar-refractivity contribution < 1.29 is 19.3 Å². The summed E-state index contributed by atoms with van der Waals surface area (Å²) in [7, 11) is 0. The summed E-state index contributed by atoms with van der Waals surface area (Å²) in [6.45, 7) is 1.23. The molecule has 8 heteroatoms. The Morgan fingerprint density at radius 2 is 1.85 bits per heavy atom. The average Bonchev–Trinajstić information content (AvgIpc) is 3.26. The third-order valence-corrected chi connectivity index (χ3v) is 5.55. The van der Waals surface area contributed by atoms with Crippen LogP contribution in [0.2, 0.25) is 0 Å². The summed E-state index contributed by atoms with van der Waals surface area (Å²) in [5.41, 5.74) is 0.635. The number of nitro benzene ring substituents is 1. The fourth-order valence-corrected chi connectivity index (χ4v) is 4.35. The van der Waals surface area contributed by atoms with Crippen LogP contribution in [0.1, 0.15) is 12.0 Å². The lowest BCUT2D eigenvalue weighted by Gasteiger charge is -2.16. The molecule has 2 aliphatic carbocycles. The quantitative estimate of drug-likeness (QED) is 0.382. The molecule has 1 saturated carbocycles. The average molecular weight is 355 g/mol. The molecule has 4 atom stereocenters. The molecule has 3 amide bonds. The van der Waals surface area contributed by atoms with Crippen LogP contribution in [0.15, 0.2) is 30.4 Å². The molecule has 1 aliphatic heterocycles. The van der Waals surface area contributed by atoms with Gasteiger partial charge in [0.05, 0.1) is 16.8 Å². The summed E-state index contributed by atoms with van der Waals surface area (Å²) < 4.78 is 0. The largest absolute Gasteiger partial charge is 0.324 e. The Morgan fingerprint density at radius 1 is 1.23 bits per heavy atom. The van der Waals surface area contributed by atoms with Crippen LogP contribution in [0.5, 0.6) is 0 Å². The number of nitrogens with zero attached hydrogens (tertiary/aromatic N) is 2. The van der Waals surface area contributed by atoms with Crippen molar-refractivity contribution in [1.29, 1.82) is 0 Å². The summed E-state index contributed by atoms with van der Waals surface area (Å²) in [4.78, 5) is 48.9. The summed E-state index contributed by atoms with van der Waals surface area (Å²) in [6, 6.07) is 4.35. The van der Waals surface area contributed by atoms with Gasteiger partial charge in [0.15, 0.2) is 0 Å². The minimum absolute atomic E-state index is 0.0919. The van der Waals surface area contributed by atoms with Crippen LogP contribution in [0.25, 0.3) is 0 Å². The van der Waals surface area contributed by atoms with Gasteiger partial charge in [-0.3, -0.25) is 29.4 Å². The monoisotopic (exact) mass is 355 g/mol. The van der Waals surface area contributed by atoms with E-state index in [0.717, 1.165) is 11.3 Å². The zero-order valence-corrected chi connectivity index (χ0v) is 14.0. The van der Waals surface area contributed by atoms with E-state index in [9.17, 15) is 24.5 Å². The Labute approximate surface area is 149 Å². The molecule has 1 aromatic rings. The van der Waals surface area contributed by atoms with Crippen LogP contribution >= 0.6 is 0 Å². The first-order valence-corrected chi connectivity index (χ1v) is 8.45. The van der Waals surface area contributed by atoms with Crippen molar-refractivity contribution in [2.45, 2.75) is 13.3 Å². The highest BCUT2D eigenvalue weighted by atomic mass is 16.6. The van der Waals surface area contributed by atoms with Crippen LogP contribution in [-0.2, 0) is 14.4 Å². The maximum absolute atomic E-state index is 12.6. The number of nitro groups is 1. The second-order valence-electron chi connectivity index (χ2n) is 7.07. The first-order valence-electron chi connectivity index (χ1n) is 8.45. The molecule has 3 aliphatic rings. The summed E-state index contributed by atoms with van der Waals surface area (Å²) in [5.74, 6) is -1.63. The number of fused-ring (bicyclic) bond motifs is 5. The number of nitrogens with one attached hydrogen (secondary N) is 1. The van der Waals surface area contributed by atoms with Crippen LogP contribution < -0.4 is 5.32 Å². The Balaban J connectivity index is 1.46. The van der Waals surface area contributed by atoms with E-state index >= 15 is 0 Å². The number of amides is 3. The molecule has 134 valence electrons. The fraction of sp³-hybridized carbons (Fsp3) is 0.389. The number of anilines is 1. The number of rotatable bonds is 4. The second-order valence-corrected chi connectivity index (χ2v) is 7.07. The smallest absolute Gasteiger partial charge is 0.274 e. The number of carbonyl (C=O) groups excluding carboxylic acids is 3. The second kappa shape index (κ2) is 5.76. The van der Waals surface area contributed by atoms with E-state index < -0.39 is 10.8 Å². The van der Waals surface area contributed by atoms with Crippen molar-refractivity contribution in [3.8, 4) is 0 Å². The minimum Gasteiger partial charge on any atom is -0.324 e. The van der Waals surface area contributed by atoms with E-state index in [1.165, 1.54) is 12.1 Å². The molecule has 1 N–H and O–H groups in total. The summed E-state index contributed by atoms with van der Waals surface area (Å²) >= 11 is 0. The van der Waals surface area contributed by atoms with Crippen LogP contribution in [0.3, 0.4) is 0 Å². The van der Waals surface area contributed by atoms with E-state index in [1.807, 2.05) is 12.2 Å². The molecular weight excluding hydrogens is 338 g/mol. The molecule has 2 bridgehead atoms. The maximum Gasteiger partial charge on any atom is 0.274 e. The molecule has 0 radical (unpaired) electrons. The molecule has 2 fully saturated rings. The zero-order valence-electron chi connectivity index (χ0n) is 14.0. The van der Waals surface area contributed by atoms with Gasteiger partial charge in [0.25, 0.3) is 5.69 Å². The molecule has 4 rings (SSSR count). The lowest BCUT2D eigenvalue weighted by atomic mass is 9.85. The third-order valence-electron chi connectivity index (χ3n) is 5.55. The summed E-state index contributed by atoms with van der Waals surface area (Å²) in [6.07, 6.45) is 4.82. The highest BCUT2D eigenvalue weighted by Crippen LogP contribution is 2.52. The zero-order chi connectivity index (χ0) is 18.6. The Kier molecular flexibility index (Phi) is 3.64. The molecule has 1 aromatic carbocycles. The number of likely N-dealkylation sites (tertiary alicyclic amines) is 1. The fourth-order valence-electron chi connectivity index (χ4n) is 4.35. The van der Waals surface area contributed by atoms with Crippen LogP contribution in [0, 0.1) is 40.7 Å². The first-order chi connectivity index (χ1) is 12.4. The van der Waals surface area contributed by atoms with E-state index in [-0.39, 0.29) is 53.4 Å². The molecule has 1 heterocycles. The lowest BCUT2D eigenvalue weighted by molar-refractivity contribution is -0.385. The minimum atomic E-state index is -0.551. The SMILES string of the molecule is Cc1ccc(NC(=O)CN2C(=O)[C@@H]3[C@H](C2=O)[C@H]2C=C[C@H]3C2)cc1[N+](=O)[O-]. The number of hydrogen-bond acceptors (Lipinski definition) is 5. The Bertz CT molecular complexity index is 848. The van der Waals surface area contributed by atoms with Gasteiger partial charge < -0.3 is 5.32 Å². The topological polar surface area (TPSA) is 110 Å². The molecule has 0 aromatic heterocycles. The van der Waals surface area contributed by atoms with Gasteiger partial charge in [-0.25, -0.2) is 0 Å². The molecule has 0 spiro atoms. The van der Waals surface area contributed by atoms with E-state index in [2.05, 4.69) is 5.32 Å². The molecular formula is C18H17N3O5. The van der Waals surface area contributed by atoms with Gasteiger partial charge in [0.1, 0.15) is 6.54 Å². The van der Waals surface area contributed by atoms with Crippen molar-refractivity contribution in [2.75, 3.05) is 11.9 Å². The predicted molar refractivity (Wildman–Crippen MR) is 90.9 cm³/mol. The van der Waals surface area contributed by atoms with Gasteiger partial charge in [0.2, 0.25) is 17.7 Å². The lowest BCUT2D eigenvalue weighted by Crippen LogP contribution is -2.39. The van der Waals surface area contributed by atoms with Crippen LogP contribution in [-0.4, -0.2) is 34.1 Å². The van der Waals surface area contributed by atoms with Gasteiger partial charge in [0, 0.05) is 17.3 Å². The standard InChI is InChI=1S/C18H17N3O5/c1-9-2-5-12(7-13(9)21(25)26)19-14(22)8-20-17(23)15-10-3-4-11(6-10)16(15)18(20)24/h2-5,7,10-11,15-16H,6,8H2,1H3,(H,19,22)/t10-,11-,15-,16+/m0/s1. The normalized spacial score (nSPS) is 28.6. The van der Waals surface area contributed by atoms with Gasteiger partial charge in [-0.05, 0) is 31.2 Å². The third kappa shape index (κ3) is 2.40. The molecule has 26 heavy (non-hydrogen) atoms. The number of allylic oxidation sites excluding steroid dienone is 2. The Morgan fingerprint density at radius 3 is 2.42 bits per heavy atom. The van der Waals surface area contributed by atoms with Gasteiger partial charge in [-0.1, -0.05) is 18.2 Å². The number of carbonyl (C=O) groups is 3. The molecule has 8 nitrogen and oxygen atoms in total. The van der Waals surface area contributed by atoms with E-state index in [0.29, 0.717) is 5.56 Å². The summed E-state index contributed by atoms with van der Waals surface area (Å²) in [5, 5.41) is 13.5. The highest BCUT2D eigenvalue weighted by molar-refractivity contribution is 6.09. The maximum atomic E-state index is 12.6. The molecule has 0 unspecified atom stereocenters. The van der Waals surface area contributed by atoms with Crippen molar-refractivity contribution in [2.24, 2.45) is 23.7 Å². The number of benzene rings is 1. The van der Waals surface area contributed by atoms with Gasteiger partial charge in [-0.2, -0.15) is 0 Å². The van der Waals surface area contributed by atoms with Gasteiger partial charge >= 0.3 is 0 Å². The van der Waals surface area contributed by atoms with Crippen molar-refractivity contribution in [3.05, 3.63) is 46.0 Å². The first kappa shape index (κ1) is 16.4. The number of imide groups is 1. The van der Waals surface area contributed by atoms with Crippen molar-refractivity contribution >= 4 is 29.1 Å². The number of aryl methyl sites for hydroxylation is 1. The van der Waals surface area contributed by atoms with E-state index in [1.54, 1.807) is 13.0 Å². The van der Waals surface area contributed by atoms with Gasteiger partial charge in [-0.15, -0.1) is 0 Å². The number of hydrogen-bond donors (Lipinski definition) is 1. The van der Waals surface area contributed by atoms with Crippen molar-refractivity contribution in [3.63, 3.8) is 0 Å².